The Morgan fingerprint density at radius 1 is 0.900 bits per heavy atom. The standard InChI is InChI=1S/C15H25NO3S/c17-15(14-6-8-20(18,19)9-7-14)16(11-13-4-5-13)10-12-2-1-3-12/h12-14H,1-11H2. The van der Waals surface area contributed by atoms with Gasteiger partial charge in [0.15, 0.2) is 0 Å². The Morgan fingerprint density at radius 2 is 1.45 bits per heavy atom. The Balaban J connectivity index is 1.58. The highest BCUT2D eigenvalue weighted by Crippen LogP contribution is 2.33. The fourth-order valence-electron chi connectivity index (χ4n) is 3.25. The van der Waals surface area contributed by atoms with Gasteiger partial charge in [-0.05, 0) is 50.4 Å². The molecule has 3 fully saturated rings. The number of hydrogen-bond acceptors (Lipinski definition) is 3. The zero-order valence-corrected chi connectivity index (χ0v) is 12.9. The number of rotatable bonds is 5. The molecule has 20 heavy (non-hydrogen) atoms. The first-order valence-electron chi connectivity index (χ1n) is 8.03. The number of sulfone groups is 1. The average molecular weight is 299 g/mol. The summed E-state index contributed by atoms with van der Waals surface area (Å²) in [5.41, 5.74) is 0. The SMILES string of the molecule is O=C(C1CCS(=O)(=O)CC1)N(CC1CCC1)CC1CC1. The summed E-state index contributed by atoms with van der Waals surface area (Å²) in [7, 11) is -2.87. The van der Waals surface area contributed by atoms with E-state index in [1.54, 1.807) is 0 Å². The molecule has 1 saturated heterocycles. The second-order valence-corrected chi connectivity index (χ2v) is 9.21. The molecule has 0 atom stereocenters. The Labute approximate surface area is 121 Å². The summed E-state index contributed by atoms with van der Waals surface area (Å²) >= 11 is 0. The van der Waals surface area contributed by atoms with Crippen molar-refractivity contribution in [2.45, 2.75) is 44.9 Å². The number of carbonyl (C=O) groups excluding carboxylic acids is 1. The summed E-state index contributed by atoms with van der Waals surface area (Å²) in [5, 5.41) is 0. The number of amides is 1. The predicted octanol–water partition coefficient (Wildman–Crippen LogP) is 1.85. The minimum atomic E-state index is -2.87. The molecule has 2 aliphatic carbocycles. The van der Waals surface area contributed by atoms with Crippen molar-refractivity contribution in [3.05, 3.63) is 0 Å². The maximum Gasteiger partial charge on any atom is 0.225 e. The maximum absolute atomic E-state index is 12.7. The first-order valence-corrected chi connectivity index (χ1v) is 9.85. The number of hydrogen-bond donors (Lipinski definition) is 0. The summed E-state index contributed by atoms with van der Waals surface area (Å²) in [6.07, 6.45) is 7.40. The van der Waals surface area contributed by atoms with E-state index in [0.717, 1.165) is 13.1 Å². The molecule has 0 aromatic carbocycles. The smallest absolute Gasteiger partial charge is 0.225 e. The molecule has 3 aliphatic rings. The minimum absolute atomic E-state index is 0.0441. The van der Waals surface area contributed by atoms with Crippen molar-refractivity contribution in [2.24, 2.45) is 17.8 Å². The molecule has 114 valence electrons. The molecule has 0 unspecified atom stereocenters. The highest BCUT2D eigenvalue weighted by molar-refractivity contribution is 7.91. The van der Waals surface area contributed by atoms with Crippen molar-refractivity contribution >= 4 is 15.7 Å². The fraction of sp³-hybridized carbons (Fsp3) is 0.933. The van der Waals surface area contributed by atoms with Crippen LogP contribution >= 0.6 is 0 Å². The normalized spacial score (nSPS) is 27.0. The molecule has 0 bridgehead atoms. The van der Waals surface area contributed by atoms with Gasteiger partial charge in [-0.25, -0.2) is 8.42 Å². The Morgan fingerprint density at radius 3 is 1.90 bits per heavy atom. The second-order valence-electron chi connectivity index (χ2n) is 6.91. The van der Waals surface area contributed by atoms with Crippen LogP contribution < -0.4 is 0 Å². The van der Waals surface area contributed by atoms with Crippen molar-refractivity contribution in [3.63, 3.8) is 0 Å². The van der Waals surface area contributed by atoms with Crippen molar-refractivity contribution in [2.75, 3.05) is 24.6 Å². The highest BCUT2D eigenvalue weighted by atomic mass is 32.2. The zero-order valence-electron chi connectivity index (χ0n) is 12.1. The van der Waals surface area contributed by atoms with Crippen LogP contribution in [0, 0.1) is 17.8 Å². The summed E-state index contributed by atoms with van der Waals surface area (Å²) in [6.45, 7) is 1.83. The first kappa shape index (κ1) is 14.4. The molecule has 3 rings (SSSR count). The molecule has 0 N–H and O–H groups in total. The van der Waals surface area contributed by atoms with Gasteiger partial charge in [0.05, 0.1) is 11.5 Å². The van der Waals surface area contributed by atoms with Gasteiger partial charge in [-0.1, -0.05) is 6.42 Å². The third-order valence-corrected chi connectivity index (χ3v) is 6.81. The Kier molecular flexibility index (Phi) is 4.07. The molecule has 1 aliphatic heterocycles. The van der Waals surface area contributed by atoms with Gasteiger partial charge in [-0.3, -0.25) is 4.79 Å². The molecule has 0 radical (unpaired) electrons. The van der Waals surface area contributed by atoms with E-state index in [1.165, 1.54) is 32.1 Å². The molecule has 0 aromatic rings. The maximum atomic E-state index is 12.7. The van der Waals surface area contributed by atoms with Crippen LogP contribution in [0.2, 0.25) is 0 Å². The van der Waals surface area contributed by atoms with Crippen LogP contribution in [0.25, 0.3) is 0 Å². The molecule has 1 amide bonds. The third kappa shape index (κ3) is 3.54. The lowest BCUT2D eigenvalue weighted by Gasteiger charge is -2.35. The van der Waals surface area contributed by atoms with E-state index in [9.17, 15) is 13.2 Å². The highest BCUT2D eigenvalue weighted by Gasteiger charge is 2.35. The Hall–Kier alpha value is -0.580. The summed E-state index contributed by atoms with van der Waals surface area (Å²) in [4.78, 5) is 14.8. The van der Waals surface area contributed by atoms with Crippen molar-refractivity contribution in [1.82, 2.24) is 4.90 Å². The first-order chi connectivity index (χ1) is 9.53. The van der Waals surface area contributed by atoms with E-state index in [2.05, 4.69) is 4.90 Å². The van der Waals surface area contributed by atoms with E-state index in [1.807, 2.05) is 0 Å². The quantitative estimate of drug-likeness (QED) is 0.778. The van der Waals surface area contributed by atoms with Crippen LogP contribution in [0.4, 0.5) is 0 Å². The van der Waals surface area contributed by atoms with E-state index in [-0.39, 0.29) is 23.3 Å². The molecule has 4 nitrogen and oxygen atoms in total. The van der Waals surface area contributed by atoms with E-state index < -0.39 is 9.84 Å². The second kappa shape index (κ2) is 5.66. The van der Waals surface area contributed by atoms with E-state index in [4.69, 9.17) is 0 Å². The van der Waals surface area contributed by atoms with E-state index in [0.29, 0.717) is 24.7 Å². The van der Waals surface area contributed by atoms with Crippen LogP contribution in [0.5, 0.6) is 0 Å². The van der Waals surface area contributed by atoms with Crippen molar-refractivity contribution < 1.29 is 13.2 Å². The molecule has 0 spiro atoms. The molecule has 5 heteroatoms. The Bertz CT molecular complexity index is 452. The van der Waals surface area contributed by atoms with Gasteiger partial charge in [0.2, 0.25) is 5.91 Å². The molecule has 2 saturated carbocycles. The van der Waals surface area contributed by atoms with Gasteiger partial charge in [-0.15, -0.1) is 0 Å². The monoisotopic (exact) mass is 299 g/mol. The topological polar surface area (TPSA) is 54.5 Å². The van der Waals surface area contributed by atoms with Crippen LogP contribution in [0.3, 0.4) is 0 Å². The van der Waals surface area contributed by atoms with E-state index >= 15 is 0 Å². The van der Waals surface area contributed by atoms with Crippen LogP contribution in [-0.2, 0) is 14.6 Å². The summed E-state index contributed by atoms with van der Waals surface area (Å²) < 4.78 is 23.0. The molecule has 0 aromatic heterocycles. The third-order valence-electron chi connectivity index (χ3n) is 5.09. The van der Waals surface area contributed by atoms with Crippen molar-refractivity contribution in [3.8, 4) is 0 Å². The van der Waals surface area contributed by atoms with Gasteiger partial charge < -0.3 is 4.90 Å². The number of carbonyl (C=O) groups is 1. The van der Waals surface area contributed by atoms with Gasteiger partial charge in [0.25, 0.3) is 0 Å². The number of nitrogens with zero attached hydrogens (tertiary/aromatic N) is 1. The molecule has 1 heterocycles. The largest absolute Gasteiger partial charge is 0.342 e. The zero-order chi connectivity index (χ0) is 14.2. The minimum Gasteiger partial charge on any atom is -0.342 e. The molecular formula is C15H25NO3S. The average Bonchev–Trinajstić information content (AvgIpc) is 3.15. The van der Waals surface area contributed by atoms with Gasteiger partial charge in [-0.2, -0.15) is 0 Å². The fourth-order valence-corrected chi connectivity index (χ4v) is 4.74. The van der Waals surface area contributed by atoms with Crippen LogP contribution in [0.1, 0.15) is 44.9 Å². The van der Waals surface area contributed by atoms with Crippen LogP contribution in [0.15, 0.2) is 0 Å². The van der Waals surface area contributed by atoms with Gasteiger partial charge in [0.1, 0.15) is 9.84 Å². The summed E-state index contributed by atoms with van der Waals surface area (Å²) in [5.74, 6) is 2.00. The van der Waals surface area contributed by atoms with Crippen molar-refractivity contribution in [1.29, 1.82) is 0 Å². The van der Waals surface area contributed by atoms with Gasteiger partial charge in [0, 0.05) is 19.0 Å². The lowest BCUT2D eigenvalue weighted by atomic mass is 9.84. The molecular weight excluding hydrogens is 274 g/mol. The predicted molar refractivity (Wildman–Crippen MR) is 78.0 cm³/mol. The van der Waals surface area contributed by atoms with Gasteiger partial charge >= 0.3 is 0 Å². The van der Waals surface area contributed by atoms with Crippen LogP contribution in [-0.4, -0.2) is 43.8 Å². The summed E-state index contributed by atoms with van der Waals surface area (Å²) in [6, 6.07) is 0. The lowest BCUT2D eigenvalue weighted by molar-refractivity contribution is -0.137. The lowest BCUT2D eigenvalue weighted by Crippen LogP contribution is -2.44.